The fourth-order valence-electron chi connectivity index (χ4n) is 3.00. The topological polar surface area (TPSA) is 87.3 Å². The van der Waals surface area contributed by atoms with Crippen LogP contribution in [0, 0.1) is 0 Å². The van der Waals surface area contributed by atoms with Crippen molar-refractivity contribution < 1.29 is 14.4 Å². The summed E-state index contributed by atoms with van der Waals surface area (Å²) in [6, 6.07) is 16.4. The molecule has 0 saturated carbocycles. The molecule has 0 unspecified atom stereocenters. The van der Waals surface area contributed by atoms with Crippen LogP contribution in [0.3, 0.4) is 0 Å². The zero-order valence-electron chi connectivity index (χ0n) is 17.0. The van der Waals surface area contributed by atoms with Gasteiger partial charge in [-0.3, -0.25) is 14.4 Å². The first kappa shape index (κ1) is 22.1. The molecular weight excluding hydrogens is 366 g/mol. The molecule has 0 aliphatic heterocycles. The average Bonchev–Trinajstić information content (AvgIpc) is 2.73. The van der Waals surface area contributed by atoms with E-state index in [4.69, 9.17) is 0 Å². The summed E-state index contributed by atoms with van der Waals surface area (Å²) in [5, 5.41) is 8.46. The molecule has 154 valence electrons. The van der Waals surface area contributed by atoms with E-state index in [0.29, 0.717) is 37.2 Å². The maximum absolute atomic E-state index is 12.4. The molecule has 0 fully saturated rings. The van der Waals surface area contributed by atoms with E-state index in [2.05, 4.69) is 16.0 Å². The second kappa shape index (κ2) is 11.6. The van der Waals surface area contributed by atoms with Crippen LogP contribution in [0.5, 0.6) is 0 Å². The largest absolute Gasteiger partial charge is 0.354 e. The third-order valence-electron chi connectivity index (χ3n) is 4.54. The zero-order chi connectivity index (χ0) is 21.1. The van der Waals surface area contributed by atoms with Gasteiger partial charge >= 0.3 is 0 Å². The van der Waals surface area contributed by atoms with Gasteiger partial charge in [-0.2, -0.15) is 0 Å². The van der Waals surface area contributed by atoms with Gasteiger partial charge in [0.15, 0.2) is 0 Å². The molecule has 0 bridgehead atoms. The van der Waals surface area contributed by atoms with Crippen LogP contribution in [-0.2, 0) is 9.59 Å². The minimum absolute atomic E-state index is 0.0404. The summed E-state index contributed by atoms with van der Waals surface area (Å²) in [5.74, 6) is -0.496. The van der Waals surface area contributed by atoms with Crippen LogP contribution in [0.15, 0.2) is 54.6 Å². The molecule has 2 aromatic carbocycles. The highest BCUT2D eigenvalue weighted by Crippen LogP contribution is 2.19. The van der Waals surface area contributed by atoms with E-state index in [0.717, 1.165) is 12.0 Å². The number of benzene rings is 2. The normalized spacial score (nSPS) is 11.4. The summed E-state index contributed by atoms with van der Waals surface area (Å²) in [5.41, 5.74) is 2.15. The quantitative estimate of drug-likeness (QED) is 0.538. The van der Waals surface area contributed by atoms with E-state index in [1.165, 1.54) is 0 Å². The standard InChI is InChI=1S/C23H29N3O3/c1-3-8-21(27)26-19-13-11-18(12-14-19)22(28)24-15-16-25-23(29)20(4-2)17-9-6-5-7-10-17/h5-7,9-14,20H,3-4,8,15-16H2,1-2H3,(H,24,28)(H,25,29)(H,26,27)/t20-/m0/s1. The zero-order valence-corrected chi connectivity index (χ0v) is 17.0. The molecule has 0 aliphatic carbocycles. The molecule has 3 N–H and O–H groups in total. The van der Waals surface area contributed by atoms with E-state index in [1.807, 2.05) is 44.2 Å². The van der Waals surface area contributed by atoms with Gasteiger partial charge in [0.25, 0.3) is 5.91 Å². The van der Waals surface area contributed by atoms with Crippen LogP contribution in [0.25, 0.3) is 0 Å². The predicted molar refractivity (Wildman–Crippen MR) is 115 cm³/mol. The highest BCUT2D eigenvalue weighted by atomic mass is 16.2. The Balaban J connectivity index is 1.76. The van der Waals surface area contributed by atoms with E-state index in [9.17, 15) is 14.4 Å². The van der Waals surface area contributed by atoms with Crippen molar-refractivity contribution in [1.29, 1.82) is 0 Å². The molecule has 2 aromatic rings. The molecule has 0 heterocycles. The molecule has 0 radical (unpaired) electrons. The van der Waals surface area contributed by atoms with E-state index < -0.39 is 0 Å². The van der Waals surface area contributed by atoms with Gasteiger partial charge in [0.1, 0.15) is 0 Å². The fraction of sp³-hybridized carbons (Fsp3) is 0.348. The number of amides is 3. The van der Waals surface area contributed by atoms with Crippen molar-refractivity contribution in [3.8, 4) is 0 Å². The molecule has 29 heavy (non-hydrogen) atoms. The molecule has 0 aliphatic rings. The molecular formula is C23H29N3O3. The Hall–Kier alpha value is -3.15. The lowest BCUT2D eigenvalue weighted by atomic mass is 9.96. The molecule has 0 spiro atoms. The number of anilines is 1. The van der Waals surface area contributed by atoms with Crippen molar-refractivity contribution >= 4 is 23.4 Å². The van der Waals surface area contributed by atoms with Crippen molar-refractivity contribution in [2.24, 2.45) is 0 Å². The molecule has 1 atom stereocenters. The van der Waals surface area contributed by atoms with Gasteiger partial charge < -0.3 is 16.0 Å². The van der Waals surface area contributed by atoms with Crippen LogP contribution in [-0.4, -0.2) is 30.8 Å². The Labute approximate surface area is 172 Å². The molecule has 6 nitrogen and oxygen atoms in total. The first-order valence-electron chi connectivity index (χ1n) is 10.1. The lowest BCUT2D eigenvalue weighted by Crippen LogP contribution is -2.36. The maximum Gasteiger partial charge on any atom is 0.251 e. The van der Waals surface area contributed by atoms with Gasteiger partial charge in [0, 0.05) is 30.8 Å². The summed E-state index contributed by atoms with van der Waals surface area (Å²) >= 11 is 0. The Morgan fingerprint density at radius 2 is 1.52 bits per heavy atom. The third-order valence-corrected chi connectivity index (χ3v) is 4.54. The molecule has 0 saturated heterocycles. The number of hydrogen-bond acceptors (Lipinski definition) is 3. The van der Waals surface area contributed by atoms with Crippen molar-refractivity contribution in [3.05, 3.63) is 65.7 Å². The smallest absolute Gasteiger partial charge is 0.251 e. The SMILES string of the molecule is CCCC(=O)Nc1ccc(C(=O)NCCNC(=O)[C@@H](CC)c2ccccc2)cc1. The van der Waals surface area contributed by atoms with E-state index in [1.54, 1.807) is 24.3 Å². The third kappa shape index (κ3) is 7.07. The van der Waals surface area contributed by atoms with Crippen LogP contribution < -0.4 is 16.0 Å². The summed E-state index contributed by atoms with van der Waals surface area (Å²) in [6.45, 7) is 4.62. The number of hydrogen-bond donors (Lipinski definition) is 3. The Kier molecular flexibility index (Phi) is 8.89. The van der Waals surface area contributed by atoms with Crippen molar-refractivity contribution in [2.45, 2.75) is 39.0 Å². The van der Waals surface area contributed by atoms with Gasteiger partial charge in [-0.15, -0.1) is 0 Å². The number of rotatable bonds is 10. The van der Waals surface area contributed by atoms with E-state index in [-0.39, 0.29) is 23.6 Å². The van der Waals surface area contributed by atoms with Gasteiger partial charge in [0.2, 0.25) is 11.8 Å². The Morgan fingerprint density at radius 3 is 2.14 bits per heavy atom. The highest BCUT2D eigenvalue weighted by molar-refractivity contribution is 5.95. The summed E-state index contributed by atoms with van der Waals surface area (Å²) in [4.78, 5) is 36.2. The maximum atomic E-state index is 12.4. The van der Waals surface area contributed by atoms with Crippen molar-refractivity contribution in [3.63, 3.8) is 0 Å². The fourth-order valence-corrected chi connectivity index (χ4v) is 3.00. The van der Waals surface area contributed by atoms with Gasteiger partial charge in [-0.25, -0.2) is 0 Å². The Morgan fingerprint density at radius 1 is 0.862 bits per heavy atom. The summed E-state index contributed by atoms with van der Waals surface area (Å²) < 4.78 is 0. The van der Waals surface area contributed by atoms with Crippen LogP contribution >= 0.6 is 0 Å². The first-order valence-corrected chi connectivity index (χ1v) is 10.1. The monoisotopic (exact) mass is 395 g/mol. The van der Waals surface area contributed by atoms with Crippen LogP contribution in [0.4, 0.5) is 5.69 Å². The molecule has 0 aromatic heterocycles. The number of nitrogens with one attached hydrogen (secondary N) is 3. The number of carbonyl (C=O) groups excluding carboxylic acids is 3. The average molecular weight is 396 g/mol. The molecule has 2 rings (SSSR count). The second-order valence-electron chi connectivity index (χ2n) is 6.79. The lowest BCUT2D eigenvalue weighted by molar-refractivity contribution is -0.122. The van der Waals surface area contributed by atoms with Crippen molar-refractivity contribution in [1.82, 2.24) is 10.6 Å². The molecule has 6 heteroatoms. The predicted octanol–water partition coefficient (Wildman–Crippen LogP) is 3.47. The molecule has 3 amide bonds. The second-order valence-corrected chi connectivity index (χ2v) is 6.79. The Bertz CT molecular complexity index is 804. The van der Waals surface area contributed by atoms with Crippen LogP contribution in [0.2, 0.25) is 0 Å². The van der Waals surface area contributed by atoms with E-state index >= 15 is 0 Å². The van der Waals surface area contributed by atoms with Crippen LogP contribution in [0.1, 0.15) is 54.9 Å². The minimum Gasteiger partial charge on any atom is -0.354 e. The minimum atomic E-state index is -0.221. The first-order chi connectivity index (χ1) is 14.0. The van der Waals surface area contributed by atoms with Gasteiger partial charge in [0.05, 0.1) is 5.92 Å². The summed E-state index contributed by atoms with van der Waals surface area (Å²) in [6.07, 6.45) is 1.97. The van der Waals surface area contributed by atoms with Gasteiger partial charge in [-0.1, -0.05) is 44.2 Å². The van der Waals surface area contributed by atoms with Crippen molar-refractivity contribution in [2.75, 3.05) is 18.4 Å². The summed E-state index contributed by atoms with van der Waals surface area (Å²) in [7, 11) is 0. The number of carbonyl (C=O) groups is 3. The van der Waals surface area contributed by atoms with Gasteiger partial charge in [-0.05, 0) is 42.7 Å². The highest BCUT2D eigenvalue weighted by Gasteiger charge is 2.17. The lowest BCUT2D eigenvalue weighted by Gasteiger charge is -2.15.